The Hall–Kier alpha value is -2.03. The van der Waals surface area contributed by atoms with Crippen molar-refractivity contribution in [3.8, 4) is 5.75 Å². The summed E-state index contributed by atoms with van der Waals surface area (Å²) in [6, 6.07) is 4.35. The molecule has 1 heterocycles. The molecule has 2 rings (SSSR count). The van der Waals surface area contributed by atoms with Gasteiger partial charge in [-0.1, -0.05) is 11.8 Å². The number of nitrogens with zero attached hydrogens (tertiary/aromatic N) is 1. The maximum absolute atomic E-state index is 12.0. The third kappa shape index (κ3) is 3.98. The van der Waals surface area contributed by atoms with Crippen molar-refractivity contribution in [2.45, 2.75) is 6.36 Å². The summed E-state index contributed by atoms with van der Waals surface area (Å²) in [5.74, 6) is -1.15. The summed E-state index contributed by atoms with van der Waals surface area (Å²) in [4.78, 5) is 26.2. The van der Waals surface area contributed by atoms with Crippen molar-refractivity contribution >= 4 is 28.7 Å². The quantitative estimate of drug-likeness (QED) is 0.906. The number of carbonyl (C=O) groups is 2. The first-order valence-electron chi connectivity index (χ1n) is 5.25. The van der Waals surface area contributed by atoms with E-state index in [-0.39, 0.29) is 22.4 Å². The molecule has 9 heteroatoms. The van der Waals surface area contributed by atoms with Crippen LogP contribution in [0.5, 0.6) is 5.75 Å². The maximum Gasteiger partial charge on any atom is 0.573 e. The number of nitrogens with one attached hydrogen (secondary N) is 1. The Morgan fingerprint density at radius 1 is 1.30 bits per heavy atom. The number of hydrogen-bond acceptors (Lipinski definition) is 4. The standard InChI is InChI=1S/C11H7F3N2O3S/c12-11(13,14)19-7-3-1-6(2-4-7)9(18)16-10-15-8(17)5-20-10/h1-4H,5H2,(H,15,16,17,18). The Balaban J connectivity index is 2.06. The van der Waals surface area contributed by atoms with Crippen LogP contribution in [0.25, 0.3) is 0 Å². The molecule has 1 aromatic rings. The molecule has 0 aliphatic carbocycles. The second-order valence-corrected chi connectivity index (χ2v) is 4.60. The van der Waals surface area contributed by atoms with E-state index in [1.165, 1.54) is 0 Å². The highest BCUT2D eigenvalue weighted by Crippen LogP contribution is 2.23. The molecule has 0 unspecified atom stereocenters. The van der Waals surface area contributed by atoms with Crippen molar-refractivity contribution in [2.75, 3.05) is 5.75 Å². The first kappa shape index (κ1) is 14.4. The van der Waals surface area contributed by atoms with E-state index in [0.29, 0.717) is 0 Å². The number of ether oxygens (including phenoxy) is 1. The van der Waals surface area contributed by atoms with Crippen molar-refractivity contribution in [3.05, 3.63) is 29.8 Å². The fraction of sp³-hybridized carbons (Fsp3) is 0.182. The molecule has 0 aromatic heterocycles. The molecule has 0 atom stereocenters. The number of amidine groups is 1. The predicted octanol–water partition coefficient (Wildman–Crippen LogP) is 1.94. The van der Waals surface area contributed by atoms with Crippen molar-refractivity contribution in [1.82, 2.24) is 5.32 Å². The molecular formula is C11H7F3N2O3S. The van der Waals surface area contributed by atoms with Gasteiger partial charge in [-0.2, -0.15) is 4.99 Å². The SMILES string of the molecule is O=C1CSC(=NC(=O)c2ccc(OC(F)(F)F)cc2)N1. The molecule has 0 spiro atoms. The van der Waals surface area contributed by atoms with E-state index in [4.69, 9.17) is 0 Å². The third-order valence-corrected chi connectivity index (χ3v) is 3.00. The van der Waals surface area contributed by atoms with Crippen LogP contribution < -0.4 is 10.1 Å². The van der Waals surface area contributed by atoms with Gasteiger partial charge in [0, 0.05) is 5.56 Å². The zero-order valence-electron chi connectivity index (χ0n) is 9.73. The van der Waals surface area contributed by atoms with Crippen LogP contribution in [0.2, 0.25) is 0 Å². The minimum atomic E-state index is -4.78. The van der Waals surface area contributed by atoms with Crippen LogP contribution in [0.1, 0.15) is 10.4 Å². The van der Waals surface area contributed by atoms with E-state index >= 15 is 0 Å². The van der Waals surface area contributed by atoms with Crippen molar-refractivity contribution in [3.63, 3.8) is 0 Å². The van der Waals surface area contributed by atoms with Gasteiger partial charge in [0.25, 0.3) is 5.91 Å². The Morgan fingerprint density at radius 3 is 2.45 bits per heavy atom. The number of hydrogen-bond donors (Lipinski definition) is 1. The summed E-state index contributed by atoms with van der Waals surface area (Å²) < 4.78 is 39.5. The second kappa shape index (κ2) is 5.53. The van der Waals surface area contributed by atoms with Crippen LogP contribution in [-0.2, 0) is 4.79 Å². The smallest absolute Gasteiger partial charge is 0.406 e. The fourth-order valence-electron chi connectivity index (χ4n) is 1.34. The number of halogens is 3. The third-order valence-electron chi connectivity index (χ3n) is 2.12. The lowest BCUT2D eigenvalue weighted by molar-refractivity contribution is -0.274. The van der Waals surface area contributed by atoms with E-state index in [2.05, 4.69) is 15.0 Å². The number of rotatable bonds is 2. The van der Waals surface area contributed by atoms with Gasteiger partial charge in [-0.25, -0.2) is 0 Å². The van der Waals surface area contributed by atoms with Crippen molar-refractivity contribution < 1.29 is 27.5 Å². The lowest BCUT2D eigenvalue weighted by Gasteiger charge is -2.08. The summed E-state index contributed by atoms with van der Waals surface area (Å²) in [5, 5.41) is 2.55. The van der Waals surface area contributed by atoms with Crippen LogP contribution in [0.3, 0.4) is 0 Å². The van der Waals surface area contributed by atoms with Crippen LogP contribution >= 0.6 is 11.8 Å². The highest BCUT2D eigenvalue weighted by atomic mass is 32.2. The van der Waals surface area contributed by atoms with Gasteiger partial charge < -0.3 is 10.1 Å². The largest absolute Gasteiger partial charge is 0.573 e. The monoisotopic (exact) mass is 304 g/mol. The normalized spacial score (nSPS) is 17.1. The average Bonchev–Trinajstić information content (AvgIpc) is 2.73. The second-order valence-electron chi connectivity index (χ2n) is 3.63. The summed E-state index contributed by atoms with van der Waals surface area (Å²) in [6.07, 6.45) is -4.78. The Morgan fingerprint density at radius 2 is 1.95 bits per heavy atom. The first-order chi connectivity index (χ1) is 9.33. The highest BCUT2D eigenvalue weighted by Gasteiger charge is 2.31. The van der Waals surface area contributed by atoms with Crippen LogP contribution in [0.4, 0.5) is 13.2 Å². The van der Waals surface area contributed by atoms with Gasteiger partial charge in [0.1, 0.15) is 5.75 Å². The minimum Gasteiger partial charge on any atom is -0.406 e. The maximum atomic E-state index is 12.0. The van der Waals surface area contributed by atoms with Crippen LogP contribution in [0.15, 0.2) is 29.3 Å². The highest BCUT2D eigenvalue weighted by molar-refractivity contribution is 8.15. The zero-order valence-corrected chi connectivity index (χ0v) is 10.5. The van der Waals surface area contributed by atoms with E-state index in [0.717, 1.165) is 36.0 Å². The molecule has 0 saturated carbocycles. The molecule has 20 heavy (non-hydrogen) atoms. The van der Waals surface area contributed by atoms with E-state index in [1.807, 2.05) is 0 Å². The fourth-order valence-corrected chi connectivity index (χ4v) is 2.01. The molecule has 1 N–H and O–H groups in total. The molecule has 0 bridgehead atoms. The number of thioether (sulfide) groups is 1. The average molecular weight is 304 g/mol. The van der Waals surface area contributed by atoms with E-state index < -0.39 is 18.0 Å². The number of aliphatic imine (C=N–C) groups is 1. The summed E-state index contributed by atoms with van der Waals surface area (Å²) in [6.45, 7) is 0. The number of benzene rings is 1. The molecule has 1 aromatic carbocycles. The van der Waals surface area contributed by atoms with Gasteiger partial charge >= 0.3 is 6.36 Å². The van der Waals surface area contributed by atoms with Gasteiger partial charge in [0.2, 0.25) is 5.91 Å². The first-order valence-corrected chi connectivity index (χ1v) is 6.23. The predicted molar refractivity (Wildman–Crippen MR) is 65.5 cm³/mol. The minimum absolute atomic E-state index is 0.0915. The van der Waals surface area contributed by atoms with Crippen molar-refractivity contribution in [2.24, 2.45) is 4.99 Å². The Labute approximate surface area is 115 Å². The topological polar surface area (TPSA) is 67.8 Å². The zero-order chi connectivity index (χ0) is 14.8. The van der Waals surface area contributed by atoms with E-state index in [9.17, 15) is 22.8 Å². The molecule has 1 aliphatic rings. The van der Waals surface area contributed by atoms with Gasteiger partial charge in [-0.3, -0.25) is 9.59 Å². The number of carbonyl (C=O) groups excluding carboxylic acids is 2. The molecular weight excluding hydrogens is 297 g/mol. The molecule has 0 radical (unpaired) electrons. The number of amides is 2. The molecule has 5 nitrogen and oxygen atoms in total. The van der Waals surface area contributed by atoms with E-state index in [1.54, 1.807) is 0 Å². The summed E-state index contributed by atoms with van der Waals surface area (Å²) in [5.41, 5.74) is 0.0915. The summed E-state index contributed by atoms with van der Waals surface area (Å²) >= 11 is 1.08. The Kier molecular flexibility index (Phi) is 3.98. The molecule has 1 saturated heterocycles. The molecule has 106 valence electrons. The number of alkyl halides is 3. The van der Waals surface area contributed by atoms with Gasteiger partial charge in [0.15, 0.2) is 5.17 Å². The molecule has 1 aliphatic heterocycles. The summed E-state index contributed by atoms with van der Waals surface area (Å²) in [7, 11) is 0. The van der Waals surface area contributed by atoms with Gasteiger partial charge in [-0.05, 0) is 24.3 Å². The van der Waals surface area contributed by atoms with Crippen LogP contribution in [-0.4, -0.2) is 29.1 Å². The van der Waals surface area contributed by atoms with Gasteiger partial charge in [0.05, 0.1) is 5.75 Å². The molecule has 2 amide bonds. The van der Waals surface area contributed by atoms with Crippen LogP contribution in [0, 0.1) is 0 Å². The molecule has 1 fully saturated rings. The Bertz CT molecular complexity index is 569. The lowest BCUT2D eigenvalue weighted by atomic mass is 10.2. The van der Waals surface area contributed by atoms with Gasteiger partial charge in [-0.15, -0.1) is 13.2 Å². The van der Waals surface area contributed by atoms with Crippen molar-refractivity contribution in [1.29, 1.82) is 0 Å². The lowest BCUT2D eigenvalue weighted by Crippen LogP contribution is -2.21.